The fourth-order valence-corrected chi connectivity index (χ4v) is 5.70. The first-order chi connectivity index (χ1) is 39.6. The maximum Gasteiger partial charge on any atom is 0.329 e. The summed E-state index contributed by atoms with van der Waals surface area (Å²) in [5.41, 5.74) is 0. The van der Waals surface area contributed by atoms with Crippen molar-refractivity contribution >= 4 is 53.4 Å². The predicted molar refractivity (Wildman–Crippen MR) is 296 cm³/mol. The summed E-state index contributed by atoms with van der Waals surface area (Å²) in [6.07, 6.45) is 0. The highest BCUT2D eigenvalue weighted by molar-refractivity contribution is 5.79. The number of carboxylic acid groups (broad SMARTS) is 4. The van der Waals surface area contributed by atoms with Crippen molar-refractivity contribution in [3.63, 3.8) is 0 Å². The van der Waals surface area contributed by atoms with Crippen LogP contribution in [0.25, 0.3) is 0 Å². The van der Waals surface area contributed by atoms with Gasteiger partial charge in [-0.2, -0.15) is 0 Å². The molecule has 1 saturated heterocycles. The lowest BCUT2D eigenvalue weighted by atomic mass is 10.4. The van der Waals surface area contributed by atoms with Crippen molar-refractivity contribution in [2.45, 2.75) is 42.0 Å². The highest BCUT2D eigenvalue weighted by Crippen LogP contribution is 1.96. The second-order valence-corrected chi connectivity index (χ2v) is 16.5. The van der Waals surface area contributed by atoms with Crippen LogP contribution in [0.4, 0.5) is 0 Å². The molecule has 0 bridgehead atoms. The lowest BCUT2D eigenvalue weighted by molar-refractivity contribution is -0.144. The van der Waals surface area contributed by atoms with Crippen LogP contribution >= 0.6 is 0 Å². The van der Waals surface area contributed by atoms with Crippen LogP contribution in [0.5, 0.6) is 0 Å². The smallest absolute Gasteiger partial charge is 0.329 e. The number of rotatable bonds is 40. The minimum Gasteiger partial charge on any atom is -0.480 e. The predicted octanol–water partition coefficient (Wildman–Crippen LogP) is -3.69. The Morgan fingerprint density at radius 3 is 0.893 bits per heavy atom. The molecule has 0 spiro atoms. The number of aliphatic hydroxyl groups excluding tert-OH is 4. The third-order valence-electron chi connectivity index (χ3n) is 9.84. The molecule has 0 atom stereocenters. The highest BCUT2D eigenvalue weighted by Gasteiger charge is 2.14. The Balaban J connectivity index is -0.000000309. The van der Waals surface area contributed by atoms with Crippen LogP contribution in [-0.4, -0.2) is 356 Å². The standard InChI is InChI=1S/4C10H19NO6.C10H19NO4.CH4/c2*1-9(13)11(2-5-16-7-4-12)3-6-17-8-10(14)15;1-9(13)11(8-10(14)15)2-4-16-6-7-17-5-3-12;1-9(13)11(2-4-12)3-5-16-6-7-17-8-10(14)15;1-10(12)11-2-4-13-6-8-15-9-7-14-5-3-11;/h4*12H,2-8H2,1H3,(H,14,15);2-9H2,1H3;1H4. The van der Waals surface area contributed by atoms with E-state index in [-0.39, 0.29) is 156 Å². The number of carbonyl (C=O) groups excluding carboxylic acids is 5. The summed E-state index contributed by atoms with van der Waals surface area (Å²) in [5, 5.41) is 67.6. The molecule has 0 aliphatic carbocycles. The van der Waals surface area contributed by atoms with Gasteiger partial charge in [0.1, 0.15) is 26.4 Å². The first-order valence-electron chi connectivity index (χ1n) is 26.5. The van der Waals surface area contributed by atoms with E-state index >= 15 is 0 Å². The molecule has 496 valence electrons. The number of hydrogen-bond acceptors (Lipinski definition) is 24. The highest BCUT2D eigenvalue weighted by atomic mass is 16.6. The van der Waals surface area contributed by atoms with E-state index < -0.39 is 23.9 Å². The maximum absolute atomic E-state index is 11.2. The number of aliphatic carboxylic acids is 4. The molecule has 1 aliphatic rings. The van der Waals surface area contributed by atoms with E-state index in [1.54, 1.807) is 11.8 Å². The number of carbonyl (C=O) groups is 9. The summed E-state index contributed by atoms with van der Waals surface area (Å²) >= 11 is 0. The van der Waals surface area contributed by atoms with Gasteiger partial charge in [0, 0.05) is 93.5 Å². The number of ether oxygens (including phenoxy) is 11. The molecule has 0 aromatic carbocycles. The van der Waals surface area contributed by atoms with Crippen LogP contribution in [0.1, 0.15) is 42.0 Å². The second-order valence-electron chi connectivity index (χ2n) is 16.5. The Morgan fingerprint density at radius 1 is 0.345 bits per heavy atom. The largest absolute Gasteiger partial charge is 0.480 e. The number of hydrogen-bond donors (Lipinski definition) is 8. The first kappa shape index (κ1) is 87.4. The molecule has 0 radical (unpaired) electrons. The molecule has 33 heteroatoms. The van der Waals surface area contributed by atoms with Crippen LogP contribution in [0.15, 0.2) is 0 Å². The summed E-state index contributed by atoms with van der Waals surface area (Å²) in [7, 11) is 0. The van der Waals surface area contributed by atoms with Gasteiger partial charge in [0.05, 0.1) is 152 Å². The zero-order valence-electron chi connectivity index (χ0n) is 48.9. The molecular formula is C51H99N5O28. The van der Waals surface area contributed by atoms with E-state index in [4.69, 9.17) is 93.0 Å². The normalized spacial score (nSPS) is 12.1. The van der Waals surface area contributed by atoms with Gasteiger partial charge in [0.25, 0.3) is 0 Å². The molecular weight excluding hydrogens is 1130 g/mol. The molecule has 8 N–H and O–H groups in total. The van der Waals surface area contributed by atoms with Gasteiger partial charge in [-0.25, -0.2) is 14.4 Å². The number of aliphatic hydroxyl groups is 4. The van der Waals surface area contributed by atoms with Gasteiger partial charge in [-0.05, 0) is 0 Å². The van der Waals surface area contributed by atoms with E-state index in [1.165, 1.54) is 47.3 Å². The van der Waals surface area contributed by atoms with Gasteiger partial charge in [0.15, 0.2) is 0 Å². The van der Waals surface area contributed by atoms with Crippen molar-refractivity contribution in [1.29, 1.82) is 0 Å². The van der Waals surface area contributed by atoms with Crippen molar-refractivity contribution in [2.24, 2.45) is 0 Å². The van der Waals surface area contributed by atoms with Crippen LogP contribution in [0, 0.1) is 0 Å². The van der Waals surface area contributed by atoms with E-state index in [2.05, 4.69) is 0 Å². The Labute approximate surface area is 492 Å². The Hall–Kier alpha value is -5.37. The van der Waals surface area contributed by atoms with E-state index in [1.807, 2.05) is 0 Å². The Kier molecular flexibility index (Phi) is 67.8. The number of amides is 5. The molecule has 1 aliphatic heterocycles. The lowest BCUT2D eigenvalue weighted by Gasteiger charge is -2.21. The summed E-state index contributed by atoms with van der Waals surface area (Å²) in [6.45, 7) is 16.1. The molecule has 0 saturated carbocycles. The third-order valence-corrected chi connectivity index (χ3v) is 9.84. The summed E-state index contributed by atoms with van der Waals surface area (Å²) in [6, 6.07) is 0. The van der Waals surface area contributed by atoms with Crippen molar-refractivity contribution in [1.82, 2.24) is 24.5 Å². The van der Waals surface area contributed by atoms with E-state index in [9.17, 15) is 43.2 Å². The summed E-state index contributed by atoms with van der Waals surface area (Å²) in [5.74, 6) is -4.75. The van der Waals surface area contributed by atoms with Crippen LogP contribution in [0.3, 0.4) is 0 Å². The average molecular weight is 1230 g/mol. The maximum atomic E-state index is 11.2. The Bertz CT molecular complexity index is 1600. The van der Waals surface area contributed by atoms with Crippen molar-refractivity contribution in [3.8, 4) is 0 Å². The fraction of sp³-hybridized carbons (Fsp3) is 0.824. The van der Waals surface area contributed by atoms with Crippen LogP contribution in [0.2, 0.25) is 0 Å². The van der Waals surface area contributed by atoms with Gasteiger partial charge in [-0.15, -0.1) is 0 Å². The van der Waals surface area contributed by atoms with Crippen molar-refractivity contribution in [2.75, 3.05) is 237 Å². The zero-order valence-corrected chi connectivity index (χ0v) is 48.9. The molecule has 1 fully saturated rings. The topological polar surface area (TPSA) is 433 Å². The second kappa shape index (κ2) is 65.2. The van der Waals surface area contributed by atoms with Gasteiger partial charge in [-0.1, -0.05) is 7.43 Å². The van der Waals surface area contributed by atoms with Gasteiger partial charge < -0.3 is 117 Å². The summed E-state index contributed by atoms with van der Waals surface area (Å²) in [4.78, 5) is 104. The molecule has 0 unspecified atom stereocenters. The SMILES string of the molecule is C.CC(=O)N(CCO)CCOCCOCC(=O)O.CC(=O)N(CCOCCO)CCOCC(=O)O.CC(=O)N(CCOCCO)CCOCC(=O)O.CC(=O)N(CCOCCOCCO)CC(=O)O.CC(=O)N1CCOCCOCCOCC1. The Morgan fingerprint density at radius 2 is 0.607 bits per heavy atom. The monoisotopic (exact) mass is 1230 g/mol. The summed E-state index contributed by atoms with van der Waals surface area (Å²) < 4.78 is 55.6. The molecule has 5 amide bonds. The number of nitrogens with zero attached hydrogens (tertiary/aromatic N) is 5. The molecule has 0 aromatic heterocycles. The number of carboxylic acids is 4. The molecule has 1 rings (SSSR count). The quantitative estimate of drug-likeness (QED) is 0.0274. The molecule has 0 aromatic rings. The van der Waals surface area contributed by atoms with E-state index in [0.717, 1.165) is 0 Å². The van der Waals surface area contributed by atoms with E-state index in [0.29, 0.717) is 118 Å². The molecule has 84 heavy (non-hydrogen) atoms. The third kappa shape index (κ3) is 67.4. The van der Waals surface area contributed by atoms with Crippen molar-refractivity contribution in [3.05, 3.63) is 0 Å². The first-order valence-corrected chi connectivity index (χ1v) is 26.5. The van der Waals surface area contributed by atoms with Gasteiger partial charge >= 0.3 is 23.9 Å². The van der Waals surface area contributed by atoms with Crippen LogP contribution in [-0.2, 0) is 95.3 Å². The van der Waals surface area contributed by atoms with Gasteiger partial charge in [0.2, 0.25) is 29.5 Å². The minimum atomic E-state index is -1.05. The lowest BCUT2D eigenvalue weighted by Crippen LogP contribution is -2.36. The van der Waals surface area contributed by atoms with Crippen molar-refractivity contribution < 1.29 is 136 Å². The van der Waals surface area contributed by atoms with Crippen LogP contribution < -0.4 is 0 Å². The minimum absolute atomic E-state index is 0. The molecule has 1 heterocycles. The fourth-order valence-electron chi connectivity index (χ4n) is 5.70. The zero-order chi connectivity index (χ0) is 63.3. The average Bonchev–Trinajstić information content (AvgIpc) is 3.42. The molecule has 33 nitrogen and oxygen atoms in total. The van der Waals surface area contributed by atoms with Gasteiger partial charge in [-0.3, -0.25) is 28.8 Å².